The van der Waals surface area contributed by atoms with Crippen LogP contribution in [0.15, 0.2) is 72.9 Å². The minimum atomic E-state index is -1.03. The number of aliphatic carboxylic acids is 1. The number of aromatic nitrogens is 1. The van der Waals surface area contributed by atoms with E-state index in [0.29, 0.717) is 47.9 Å². The lowest BCUT2D eigenvalue weighted by Crippen LogP contribution is -2.44. The molecule has 1 aliphatic rings. The number of fused-ring (bicyclic) bond motifs is 1. The molecule has 0 saturated carbocycles. The Labute approximate surface area is 213 Å². The van der Waals surface area contributed by atoms with Gasteiger partial charge >= 0.3 is 5.97 Å². The maximum absolute atomic E-state index is 13.3. The van der Waals surface area contributed by atoms with E-state index in [1.165, 1.54) is 9.80 Å². The van der Waals surface area contributed by atoms with Crippen molar-refractivity contribution in [3.05, 3.63) is 78.5 Å². The van der Waals surface area contributed by atoms with E-state index < -0.39 is 12.1 Å². The zero-order valence-electron chi connectivity index (χ0n) is 19.9. The van der Waals surface area contributed by atoms with Gasteiger partial charge in [-0.05, 0) is 48.9 Å². The molecule has 1 aliphatic heterocycles. The van der Waals surface area contributed by atoms with Gasteiger partial charge < -0.3 is 20.1 Å². The molecular formula is C27H26N4O6. The molecule has 0 radical (unpaired) electrons. The summed E-state index contributed by atoms with van der Waals surface area (Å²) in [5, 5.41) is 12.0. The molecule has 1 atom stereocenters. The maximum Gasteiger partial charge on any atom is 0.307 e. The van der Waals surface area contributed by atoms with Crippen LogP contribution in [0.3, 0.4) is 0 Å². The third-order valence-electron chi connectivity index (χ3n) is 5.76. The number of ether oxygens (including phenoxy) is 1. The zero-order chi connectivity index (χ0) is 26.2. The van der Waals surface area contributed by atoms with Crippen LogP contribution in [0.1, 0.15) is 29.6 Å². The smallest absolute Gasteiger partial charge is 0.307 e. The third kappa shape index (κ3) is 6.49. The van der Waals surface area contributed by atoms with E-state index in [4.69, 9.17) is 4.74 Å². The lowest BCUT2D eigenvalue weighted by atomic mass is 10.1. The second kappa shape index (κ2) is 11.8. The van der Waals surface area contributed by atoms with Crippen LogP contribution in [0.5, 0.6) is 5.75 Å². The lowest BCUT2D eigenvalue weighted by molar-refractivity contribution is -0.138. The number of carbonyl (C=O) groups is 4. The molecule has 0 bridgehead atoms. The first-order valence-corrected chi connectivity index (χ1v) is 11.8. The Hall–Kier alpha value is -4.73. The van der Waals surface area contributed by atoms with E-state index >= 15 is 0 Å². The molecule has 190 valence electrons. The largest absolute Gasteiger partial charge is 0.486 e. The number of amides is 3. The summed E-state index contributed by atoms with van der Waals surface area (Å²) in [6.45, 7) is 0.385. The fraction of sp³-hybridized carbons (Fsp3) is 0.222. The van der Waals surface area contributed by atoms with Crippen molar-refractivity contribution in [2.75, 3.05) is 28.2 Å². The van der Waals surface area contributed by atoms with E-state index in [0.717, 1.165) is 0 Å². The molecule has 2 N–H and O–H groups in total. The summed E-state index contributed by atoms with van der Waals surface area (Å²) in [4.78, 5) is 55.6. The predicted octanol–water partition coefficient (Wildman–Crippen LogP) is 3.35. The number of carbonyl (C=O) groups excluding carboxylic acids is 3. The lowest BCUT2D eigenvalue weighted by Gasteiger charge is -2.34. The molecule has 3 aromatic rings. The van der Waals surface area contributed by atoms with Crippen LogP contribution < -0.4 is 19.9 Å². The van der Waals surface area contributed by atoms with E-state index in [2.05, 4.69) is 10.3 Å². The van der Waals surface area contributed by atoms with Crippen molar-refractivity contribution >= 4 is 41.4 Å². The highest BCUT2D eigenvalue weighted by molar-refractivity contribution is 6.07. The number of hydrogen-bond donors (Lipinski definition) is 2. The summed E-state index contributed by atoms with van der Waals surface area (Å²) in [5.41, 5.74) is 1.36. The summed E-state index contributed by atoms with van der Waals surface area (Å²) in [6, 6.07) is 18.8. The summed E-state index contributed by atoms with van der Waals surface area (Å²) in [5.74, 6) is -0.713. The highest BCUT2D eigenvalue weighted by Gasteiger charge is 2.32. The molecule has 3 amide bonds. The predicted molar refractivity (Wildman–Crippen MR) is 137 cm³/mol. The van der Waals surface area contributed by atoms with Gasteiger partial charge in [0.2, 0.25) is 12.3 Å². The molecule has 10 nitrogen and oxygen atoms in total. The number of carboxylic acids is 1. The van der Waals surface area contributed by atoms with Crippen LogP contribution >= 0.6 is 0 Å². The van der Waals surface area contributed by atoms with E-state index in [1.54, 1.807) is 72.9 Å². The molecule has 1 aromatic heterocycles. The highest BCUT2D eigenvalue weighted by Crippen LogP contribution is 2.37. The SMILES string of the molecule is O=CN(CCCC(=O)Nc1ccc2c(c1)N(C(=O)c1ccccc1)CC(CC(=O)O)O2)c1ccccn1. The number of nitrogens with one attached hydrogen (secondary N) is 1. The Bertz CT molecular complexity index is 1270. The van der Waals surface area contributed by atoms with Gasteiger partial charge in [-0.1, -0.05) is 24.3 Å². The van der Waals surface area contributed by atoms with E-state index in [-0.39, 0.29) is 31.2 Å². The second-order valence-electron chi connectivity index (χ2n) is 8.44. The standard InChI is InChI=1S/C27H26N4O6/c32-18-30(24-9-4-5-13-28-24)14-6-10-25(33)29-20-11-12-23-22(15-20)31(17-21(37-23)16-26(34)35)27(36)19-7-2-1-3-8-19/h1-5,7-9,11-13,15,18,21H,6,10,14,16-17H2,(H,29,33)(H,34,35). The fourth-order valence-electron chi connectivity index (χ4n) is 4.03. The van der Waals surface area contributed by atoms with Gasteiger partial charge in [0.1, 0.15) is 17.7 Å². The zero-order valence-corrected chi connectivity index (χ0v) is 19.9. The highest BCUT2D eigenvalue weighted by atomic mass is 16.5. The molecule has 10 heteroatoms. The molecule has 4 rings (SSSR count). The quantitative estimate of drug-likeness (QED) is 0.407. The van der Waals surface area contributed by atoms with Crippen LogP contribution in [-0.2, 0) is 14.4 Å². The van der Waals surface area contributed by atoms with Crippen LogP contribution in [0.25, 0.3) is 0 Å². The monoisotopic (exact) mass is 502 g/mol. The first-order chi connectivity index (χ1) is 17.9. The van der Waals surface area contributed by atoms with Crippen molar-refractivity contribution in [3.8, 4) is 5.75 Å². The minimum absolute atomic E-state index is 0.0550. The van der Waals surface area contributed by atoms with Gasteiger partial charge in [0.25, 0.3) is 5.91 Å². The third-order valence-corrected chi connectivity index (χ3v) is 5.76. The van der Waals surface area contributed by atoms with Crippen molar-refractivity contribution in [1.29, 1.82) is 0 Å². The average molecular weight is 503 g/mol. The van der Waals surface area contributed by atoms with Gasteiger partial charge in [0, 0.05) is 30.4 Å². The van der Waals surface area contributed by atoms with Crippen LogP contribution in [0, 0.1) is 0 Å². The van der Waals surface area contributed by atoms with Crippen molar-refractivity contribution in [1.82, 2.24) is 4.98 Å². The molecule has 0 aliphatic carbocycles. The summed E-state index contributed by atoms with van der Waals surface area (Å²) in [6.07, 6.45) is 1.89. The first-order valence-electron chi connectivity index (χ1n) is 11.8. The van der Waals surface area contributed by atoms with Gasteiger partial charge in [0.05, 0.1) is 18.7 Å². The number of carboxylic acid groups (broad SMARTS) is 1. The van der Waals surface area contributed by atoms with Gasteiger partial charge in [-0.25, -0.2) is 4.98 Å². The molecule has 0 fully saturated rings. The van der Waals surface area contributed by atoms with Gasteiger partial charge in [0.15, 0.2) is 0 Å². The molecule has 0 spiro atoms. The van der Waals surface area contributed by atoms with Crippen LogP contribution in [0.2, 0.25) is 0 Å². The van der Waals surface area contributed by atoms with Crippen molar-refractivity contribution < 1.29 is 29.0 Å². The number of anilines is 3. The minimum Gasteiger partial charge on any atom is -0.486 e. The van der Waals surface area contributed by atoms with Crippen LogP contribution in [0.4, 0.5) is 17.2 Å². The van der Waals surface area contributed by atoms with Crippen molar-refractivity contribution in [2.24, 2.45) is 0 Å². The topological polar surface area (TPSA) is 129 Å². The van der Waals surface area contributed by atoms with Gasteiger partial charge in [-0.2, -0.15) is 0 Å². The number of hydrogen-bond acceptors (Lipinski definition) is 6. The first kappa shape index (κ1) is 25.4. The summed E-state index contributed by atoms with van der Waals surface area (Å²) in [7, 11) is 0. The molecular weight excluding hydrogens is 476 g/mol. The maximum atomic E-state index is 13.3. The molecule has 37 heavy (non-hydrogen) atoms. The number of benzene rings is 2. The molecule has 2 aromatic carbocycles. The summed E-state index contributed by atoms with van der Waals surface area (Å²) >= 11 is 0. The number of nitrogens with zero attached hydrogens (tertiary/aromatic N) is 3. The summed E-state index contributed by atoms with van der Waals surface area (Å²) < 4.78 is 5.83. The normalized spacial score (nSPS) is 14.2. The van der Waals surface area contributed by atoms with Crippen molar-refractivity contribution in [2.45, 2.75) is 25.4 Å². The number of rotatable bonds is 10. The number of pyridine rings is 1. The molecule has 0 saturated heterocycles. The van der Waals surface area contributed by atoms with Crippen molar-refractivity contribution in [3.63, 3.8) is 0 Å². The molecule has 2 heterocycles. The Balaban J connectivity index is 1.45. The average Bonchev–Trinajstić information content (AvgIpc) is 2.91. The Morgan fingerprint density at radius 3 is 2.59 bits per heavy atom. The van der Waals surface area contributed by atoms with Crippen LogP contribution in [-0.4, -0.2) is 53.5 Å². The van der Waals surface area contributed by atoms with Gasteiger partial charge in [-0.15, -0.1) is 0 Å². The second-order valence-corrected chi connectivity index (χ2v) is 8.44. The van der Waals surface area contributed by atoms with E-state index in [9.17, 15) is 24.3 Å². The van der Waals surface area contributed by atoms with Gasteiger partial charge in [-0.3, -0.25) is 24.1 Å². The molecule has 1 unspecified atom stereocenters. The van der Waals surface area contributed by atoms with E-state index in [1.807, 2.05) is 0 Å². The Morgan fingerprint density at radius 1 is 1.11 bits per heavy atom. The Morgan fingerprint density at radius 2 is 1.89 bits per heavy atom. The Kier molecular flexibility index (Phi) is 8.09. The fourth-order valence-corrected chi connectivity index (χ4v) is 4.03.